The number of amides is 1. The summed E-state index contributed by atoms with van der Waals surface area (Å²) in [5.74, 6) is 2.77. The molecule has 4 rings (SSSR count). The molecule has 1 fully saturated rings. The summed E-state index contributed by atoms with van der Waals surface area (Å²) in [5, 5.41) is 9.10. The lowest BCUT2D eigenvalue weighted by atomic mass is 10.3. The highest BCUT2D eigenvalue weighted by Gasteiger charge is 2.18. The zero-order chi connectivity index (χ0) is 17.1. The number of rotatable bonds is 4. The van der Waals surface area contributed by atoms with Crippen molar-refractivity contribution in [1.82, 2.24) is 19.7 Å². The average Bonchev–Trinajstić information content (AvgIpc) is 3.34. The molecule has 0 atom stereocenters. The molecule has 4 heterocycles. The Balaban J connectivity index is 1.57. The Hall–Kier alpha value is -2.39. The van der Waals surface area contributed by atoms with Crippen LogP contribution in [-0.2, 0) is 0 Å². The van der Waals surface area contributed by atoms with Gasteiger partial charge in [-0.15, -0.1) is 11.3 Å². The first-order chi connectivity index (χ1) is 12.3. The smallest absolute Gasteiger partial charge is 0.265 e. The molecule has 0 bridgehead atoms. The van der Waals surface area contributed by atoms with Crippen molar-refractivity contribution in [2.75, 3.05) is 34.8 Å². The van der Waals surface area contributed by atoms with Crippen molar-refractivity contribution in [3.8, 4) is 5.82 Å². The maximum absolute atomic E-state index is 12.2. The molecule has 9 heteroatoms. The second-order valence-electron chi connectivity index (χ2n) is 5.44. The highest BCUT2D eigenvalue weighted by Crippen LogP contribution is 2.24. The topological polar surface area (TPSA) is 75.9 Å². The predicted molar refractivity (Wildman–Crippen MR) is 101 cm³/mol. The summed E-state index contributed by atoms with van der Waals surface area (Å²) in [4.78, 5) is 23.7. The molecule has 0 radical (unpaired) electrons. The number of aromatic nitrogens is 4. The van der Waals surface area contributed by atoms with Gasteiger partial charge in [0.2, 0.25) is 0 Å². The van der Waals surface area contributed by atoms with Crippen molar-refractivity contribution in [3.63, 3.8) is 0 Å². The van der Waals surface area contributed by atoms with E-state index in [1.807, 2.05) is 29.4 Å². The summed E-state index contributed by atoms with van der Waals surface area (Å²) in [6.45, 7) is 1.93. The number of nitrogens with one attached hydrogen (secondary N) is 1. The molecule has 1 aliphatic heterocycles. The fourth-order valence-corrected chi connectivity index (χ4v) is 4.15. The Morgan fingerprint density at radius 3 is 2.92 bits per heavy atom. The Morgan fingerprint density at radius 1 is 1.24 bits per heavy atom. The Kier molecular flexibility index (Phi) is 4.66. The number of nitrogens with zero attached hydrogens (tertiary/aromatic N) is 5. The van der Waals surface area contributed by atoms with Gasteiger partial charge in [0.15, 0.2) is 5.82 Å². The van der Waals surface area contributed by atoms with Crippen molar-refractivity contribution in [2.45, 2.75) is 0 Å². The van der Waals surface area contributed by atoms with Crippen LogP contribution < -0.4 is 10.2 Å². The van der Waals surface area contributed by atoms with Gasteiger partial charge in [-0.1, -0.05) is 6.07 Å². The normalized spacial score (nSPS) is 14.5. The lowest BCUT2D eigenvalue weighted by Crippen LogP contribution is -2.33. The van der Waals surface area contributed by atoms with Crippen LogP contribution in [0.25, 0.3) is 5.82 Å². The summed E-state index contributed by atoms with van der Waals surface area (Å²) in [6.07, 6.45) is 6.74. The van der Waals surface area contributed by atoms with Gasteiger partial charge in [0.1, 0.15) is 12.0 Å². The van der Waals surface area contributed by atoms with E-state index in [2.05, 4.69) is 25.3 Å². The van der Waals surface area contributed by atoms with E-state index in [4.69, 9.17) is 0 Å². The van der Waals surface area contributed by atoms with Crippen LogP contribution in [0.5, 0.6) is 0 Å². The molecule has 1 N–H and O–H groups in total. The number of carbonyl (C=O) groups is 1. The van der Waals surface area contributed by atoms with Gasteiger partial charge < -0.3 is 10.2 Å². The number of hydrogen-bond donors (Lipinski definition) is 1. The number of carbonyl (C=O) groups excluding carboxylic acids is 1. The zero-order valence-electron chi connectivity index (χ0n) is 13.3. The first kappa shape index (κ1) is 16.1. The van der Waals surface area contributed by atoms with Crippen LogP contribution in [0.4, 0.5) is 11.4 Å². The largest absolute Gasteiger partial charge is 0.366 e. The minimum atomic E-state index is -0.134. The Bertz CT molecular complexity index is 857. The lowest BCUT2D eigenvalue weighted by Gasteiger charge is -2.29. The van der Waals surface area contributed by atoms with Crippen molar-refractivity contribution < 1.29 is 4.79 Å². The quantitative estimate of drug-likeness (QED) is 0.758. The fourth-order valence-electron chi connectivity index (χ4n) is 2.62. The van der Waals surface area contributed by atoms with Gasteiger partial charge in [-0.3, -0.25) is 4.79 Å². The molecular formula is C16H16N6OS2. The third-order valence-corrected chi connectivity index (χ3v) is 5.64. The van der Waals surface area contributed by atoms with Crippen LogP contribution >= 0.6 is 23.1 Å². The molecule has 128 valence electrons. The summed E-state index contributed by atoms with van der Waals surface area (Å²) >= 11 is 3.36. The van der Waals surface area contributed by atoms with Gasteiger partial charge >= 0.3 is 0 Å². The summed E-state index contributed by atoms with van der Waals surface area (Å²) in [6, 6.07) is 3.65. The van der Waals surface area contributed by atoms with Crippen molar-refractivity contribution in [2.24, 2.45) is 0 Å². The average molecular weight is 372 g/mol. The van der Waals surface area contributed by atoms with Crippen molar-refractivity contribution >= 4 is 40.4 Å². The van der Waals surface area contributed by atoms with E-state index in [1.165, 1.54) is 17.7 Å². The van der Waals surface area contributed by atoms with Gasteiger partial charge in [0.05, 0.1) is 29.2 Å². The van der Waals surface area contributed by atoms with Crippen LogP contribution in [0.15, 0.2) is 42.4 Å². The molecule has 0 spiro atoms. The van der Waals surface area contributed by atoms with E-state index in [-0.39, 0.29) is 5.91 Å². The number of hydrogen-bond acceptors (Lipinski definition) is 7. The van der Waals surface area contributed by atoms with Gasteiger partial charge in [-0.2, -0.15) is 16.9 Å². The molecule has 1 saturated heterocycles. The third kappa shape index (κ3) is 3.52. The number of thioether (sulfide) groups is 1. The van der Waals surface area contributed by atoms with Crippen LogP contribution in [0.2, 0.25) is 0 Å². The number of anilines is 2. The summed E-state index contributed by atoms with van der Waals surface area (Å²) < 4.78 is 1.68. The van der Waals surface area contributed by atoms with E-state index < -0.39 is 0 Å². The minimum absolute atomic E-state index is 0.134. The third-order valence-electron chi connectivity index (χ3n) is 3.83. The molecular weight excluding hydrogens is 356 g/mol. The molecule has 3 aromatic heterocycles. The highest BCUT2D eigenvalue weighted by molar-refractivity contribution is 7.99. The molecule has 3 aromatic rings. The molecule has 0 aromatic carbocycles. The SMILES string of the molecule is O=C(Nc1cnn(-c2ncncc2N2CCSCC2)c1)c1cccs1. The Morgan fingerprint density at radius 2 is 2.12 bits per heavy atom. The van der Waals surface area contributed by atoms with Crippen molar-refractivity contribution in [1.29, 1.82) is 0 Å². The molecule has 25 heavy (non-hydrogen) atoms. The molecule has 0 aliphatic carbocycles. The highest BCUT2D eigenvalue weighted by atomic mass is 32.2. The molecule has 1 aliphatic rings. The van der Waals surface area contributed by atoms with E-state index in [0.29, 0.717) is 10.6 Å². The van der Waals surface area contributed by atoms with Crippen LogP contribution in [-0.4, -0.2) is 50.3 Å². The Labute approximate surface area is 153 Å². The first-order valence-electron chi connectivity index (χ1n) is 7.84. The van der Waals surface area contributed by atoms with E-state index in [0.717, 1.165) is 36.1 Å². The minimum Gasteiger partial charge on any atom is -0.366 e. The second kappa shape index (κ2) is 7.24. The zero-order valence-corrected chi connectivity index (χ0v) is 15.0. The molecule has 0 saturated carbocycles. The van der Waals surface area contributed by atoms with Crippen LogP contribution in [0, 0.1) is 0 Å². The fraction of sp³-hybridized carbons (Fsp3) is 0.250. The maximum atomic E-state index is 12.2. The second-order valence-corrected chi connectivity index (χ2v) is 7.61. The van der Waals surface area contributed by atoms with Gasteiger partial charge in [-0.05, 0) is 11.4 Å². The standard InChI is InChI=1S/C16H16N6OS2/c23-16(14-2-1-5-25-14)20-12-8-19-22(10-12)15-13(9-17-11-18-15)21-3-6-24-7-4-21/h1-2,5,8-11H,3-4,6-7H2,(H,20,23). The monoisotopic (exact) mass is 372 g/mol. The molecule has 1 amide bonds. The van der Waals surface area contributed by atoms with Gasteiger partial charge in [0, 0.05) is 24.6 Å². The van der Waals surface area contributed by atoms with Gasteiger partial charge in [0.25, 0.3) is 5.91 Å². The lowest BCUT2D eigenvalue weighted by molar-refractivity contribution is 0.103. The summed E-state index contributed by atoms with van der Waals surface area (Å²) in [5.41, 5.74) is 1.60. The van der Waals surface area contributed by atoms with Crippen molar-refractivity contribution in [3.05, 3.63) is 47.3 Å². The van der Waals surface area contributed by atoms with E-state index in [9.17, 15) is 4.79 Å². The first-order valence-corrected chi connectivity index (χ1v) is 9.87. The molecule has 7 nitrogen and oxygen atoms in total. The van der Waals surface area contributed by atoms with Gasteiger partial charge in [-0.25, -0.2) is 14.6 Å². The predicted octanol–water partition coefficient (Wildman–Crippen LogP) is 2.53. The summed E-state index contributed by atoms with van der Waals surface area (Å²) in [7, 11) is 0. The van der Waals surface area contributed by atoms with Crippen LogP contribution in [0.1, 0.15) is 9.67 Å². The number of thiophene rings is 1. The maximum Gasteiger partial charge on any atom is 0.265 e. The van der Waals surface area contributed by atoms with E-state index >= 15 is 0 Å². The van der Waals surface area contributed by atoms with Crippen LogP contribution in [0.3, 0.4) is 0 Å². The van der Waals surface area contributed by atoms with E-state index in [1.54, 1.807) is 23.1 Å². The molecule has 0 unspecified atom stereocenters.